The van der Waals surface area contributed by atoms with Gasteiger partial charge in [0.15, 0.2) is 0 Å². The molecule has 7 nitrogen and oxygen atoms in total. The summed E-state index contributed by atoms with van der Waals surface area (Å²) in [4.78, 5) is 2.37. The third-order valence-electron chi connectivity index (χ3n) is 4.42. The summed E-state index contributed by atoms with van der Waals surface area (Å²) < 4.78 is 33.8. The Labute approximate surface area is 121 Å². The van der Waals surface area contributed by atoms with E-state index in [-0.39, 0.29) is 0 Å². The van der Waals surface area contributed by atoms with Gasteiger partial charge in [0.1, 0.15) is 0 Å². The van der Waals surface area contributed by atoms with Crippen molar-refractivity contribution in [1.29, 1.82) is 0 Å². The maximum atomic E-state index is 12.6. The molecule has 0 spiro atoms. The Morgan fingerprint density at radius 1 is 0.950 bits per heavy atom. The van der Waals surface area contributed by atoms with Crippen molar-refractivity contribution >= 4 is 10.2 Å². The molecule has 0 amide bonds. The van der Waals surface area contributed by atoms with Crippen molar-refractivity contribution in [2.24, 2.45) is 0 Å². The van der Waals surface area contributed by atoms with Gasteiger partial charge in [0.2, 0.25) is 0 Å². The Kier molecular flexibility index (Phi) is 4.58. The van der Waals surface area contributed by atoms with Gasteiger partial charge < -0.3 is 10.1 Å². The number of hydrogen-bond acceptors (Lipinski definition) is 5. The Hall–Kier alpha value is -0.250. The third-order valence-corrected chi connectivity index (χ3v) is 6.42. The second-order valence-electron chi connectivity index (χ2n) is 5.61. The highest BCUT2D eigenvalue weighted by Crippen LogP contribution is 2.21. The molecule has 0 aromatic carbocycles. The quantitative estimate of drug-likeness (QED) is 0.691. The number of ether oxygens (including phenoxy) is 1. The molecule has 0 aromatic heterocycles. The van der Waals surface area contributed by atoms with Crippen LogP contribution in [0.5, 0.6) is 0 Å². The average Bonchev–Trinajstić information content (AvgIpc) is 3.00. The van der Waals surface area contributed by atoms with Crippen LogP contribution in [0, 0.1) is 0 Å². The molecule has 1 unspecified atom stereocenters. The van der Waals surface area contributed by atoms with Crippen molar-refractivity contribution in [1.82, 2.24) is 18.8 Å². The highest BCUT2D eigenvalue weighted by Gasteiger charge is 2.38. The van der Waals surface area contributed by atoms with Crippen LogP contribution in [0.2, 0.25) is 0 Å². The zero-order valence-electron chi connectivity index (χ0n) is 11.8. The van der Waals surface area contributed by atoms with Crippen LogP contribution in [-0.4, -0.2) is 93.5 Å². The standard InChI is InChI=1S/C12H24N4O3S/c17-20(18,15-5-2-13-3-6-15)16-4-1-12(11-16)14-7-9-19-10-8-14/h12-13H,1-11H2. The Morgan fingerprint density at radius 3 is 2.35 bits per heavy atom. The van der Waals surface area contributed by atoms with E-state index < -0.39 is 10.2 Å². The lowest BCUT2D eigenvalue weighted by Crippen LogP contribution is -2.52. The van der Waals surface area contributed by atoms with Crippen LogP contribution in [0.3, 0.4) is 0 Å². The predicted octanol–water partition coefficient (Wildman–Crippen LogP) is -1.46. The van der Waals surface area contributed by atoms with Gasteiger partial charge in [-0.05, 0) is 6.42 Å². The molecule has 3 fully saturated rings. The monoisotopic (exact) mass is 304 g/mol. The molecular formula is C12H24N4O3S. The van der Waals surface area contributed by atoms with E-state index in [0.29, 0.717) is 32.2 Å². The van der Waals surface area contributed by atoms with E-state index >= 15 is 0 Å². The first kappa shape index (κ1) is 14.7. The molecule has 20 heavy (non-hydrogen) atoms. The molecule has 3 rings (SSSR count). The van der Waals surface area contributed by atoms with Crippen molar-refractivity contribution in [3.8, 4) is 0 Å². The highest BCUT2D eigenvalue weighted by atomic mass is 32.2. The maximum absolute atomic E-state index is 12.6. The van der Waals surface area contributed by atoms with Crippen molar-refractivity contribution in [2.75, 3.05) is 65.6 Å². The minimum atomic E-state index is -3.26. The molecule has 0 aliphatic carbocycles. The van der Waals surface area contributed by atoms with Crippen LogP contribution in [0.1, 0.15) is 6.42 Å². The van der Waals surface area contributed by atoms with E-state index in [4.69, 9.17) is 4.74 Å². The first-order valence-corrected chi connectivity index (χ1v) is 8.85. The molecule has 0 radical (unpaired) electrons. The lowest BCUT2D eigenvalue weighted by molar-refractivity contribution is 0.0196. The van der Waals surface area contributed by atoms with Gasteiger partial charge in [-0.3, -0.25) is 4.90 Å². The second kappa shape index (κ2) is 6.25. The van der Waals surface area contributed by atoms with Crippen molar-refractivity contribution in [3.63, 3.8) is 0 Å². The first-order chi connectivity index (χ1) is 9.68. The molecule has 3 heterocycles. The number of nitrogens with zero attached hydrogens (tertiary/aromatic N) is 3. The Bertz CT molecular complexity index is 418. The fourth-order valence-corrected chi connectivity index (χ4v) is 4.87. The van der Waals surface area contributed by atoms with E-state index in [1.165, 1.54) is 0 Å². The molecule has 1 atom stereocenters. The minimum Gasteiger partial charge on any atom is -0.379 e. The van der Waals surface area contributed by atoms with Crippen molar-refractivity contribution in [3.05, 3.63) is 0 Å². The molecule has 1 N–H and O–H groups in total. The van der Waals surface area contributed by atoms with Gasteiger partial charge in [-0.25, -0.2) is 0 Å². The molecule has 0 aromatic rings. The summed E-state index contributed by atoms with van der Waals surface area (Å²) in [6.45, 7) is 7.32. The molecule has 8 heteroatoms. The molecule has 3 saturated heterocycles. The fraction of sp³-hybridized carbons (Fsp3) is 1.00. The zero-order valence-corrected chi connectivity index (χ0v) is 12.6. The van der Waals surface area contributed by atoms with Crippen molar-refractivity contribution < 1.29 is 13.2 Å². The number of piperazine rings is 1. The van der Waals surface area contributed by atoms with E-state index in [1.54, 1.807) is 8.61 Å². The molecule has 3 aliphatic rings. The topological polar surface area (TPSA) is 65.1 Å². The van der Waals surface area contributed by atoms with Crippen LogP contribution in [0.25, 0.3) is 0 Å². The van der Waals surface area contributed by atoms with Crippen molar-refractivity contribution in [2.45, 2.75) is 12.5 Å². The second-order valence-corrected chi connectivity index (χ2v) is 7.53. The van der Waals surface area contributed by atoms with E-state index in [9.17, 15) is 8.42 Å². The number of nitrogens with one attached hydrogen (secondary N) is 1. The summed E-state index contributed by atoms with van der Waals surface area (Å²) in [6.07, 6.45) is 0.936. The molecular weight excluding hydrogens is 280 g/mol. The van der Waals surface area contributed by atoms with Gasteiger partial charge in [-0.1, -0.05) is 0 Å². The van der Waals surface area contributed by atoms with Crippen LogP contribution in [0.4, 0.5) is 0 Å². The first-order valence-electron chi connectivity index (χ1n) is 7.46. The Balaban J connectivity index is 1.60. The number of rotatable bonds is 3. The third kappa shape index (κ3) is 3.00. The lowest BCUT2D eigenvalue weighted by atomic mass is 10.2. The Morgan fingerprint density at radius 2 is 1.65 bits per heavy atom. The summed E-state index contributed by atoms with van der Waals surface area (Å²) in [5, 5.41) is 3.19. The van der Waals surface area contributed by atoms with Crippen LogP contribution >= 0.6 is 0 Å². The van der Waals surface area contributed by atoms with Crippen LogP contribution in [-0.2, 0) is 14.9 Å². The smallest absolute Gasteiger partial charge is 0.282 e. The maximum Gasteiger partial charge on any atom is 0.282 e. The normalized spacial score (nSPS) is 31.7. The number of hydrogen-bond donors (Lipinski definition) is 1. The van der Waals surface area contributed by atoms with Crippen LogP contribution < -0.4 is 5.32 Å². The number of morpholine rings is 1. The van der Waals surface area contributed by atoms with E-state index in [1.807, 2.05) is 0 Å². The summed E-state index contributed by atoms with van der Waals surface area (Å²) in [7, 11) is -3.26. The van der Waals surface area contributed by atoms with E-state index in [2.05, 4.69) is 10.2 Å². The van der Waals surface area contributed by atoms with Gasteiger partial charge in [0.05, 0.1) is 13.2 Å². The molecule has 0 saturated carbocycles. The van der Waals surface area contributed by atoms with Crippen LogP contribution in [0.15, 0.2) is 0 Å². The fourth-order valence-electron chi connectivity index (χ4n) is 3.20. The predicted molar refractivity (Wildman–Crippen MR) is 75.7 cm³/mol. The van der Waals surface area contributed by atoms with Gasteiger partial charge in [0, 0.05) is 58.4 Å². The van der Waals surface area contributed by atoms with Gasteiger partial charge in [-0.2, -0.15) is 17.0 Å². The summed E-state index contributed by atoms with van der Waals surface area (Å²) >= 11 is 0. The van der Waals surface area contributed by atoms with Gasteiger partial charge in [-0.15, -0.1) is 0 Å². The van der Waals surface area contributed by atoms with Gasteiger partial charge >= 0.3 is 0 Å². The molecule has 3 aliphatic heterocycles. The largest absolute Gasteiger partial charge is 0.379 e. The highest BCUT2D eigenvalue weighted by molar-refractivity contribution is 7.86. The lowest BCUT2D eigenvalue weighted by Gasteiger charge is -2.33. The minimum absolute atomic E-state index is 0.358. The molecule has 0 bridgehead atoms. The SMILES string of the molecule is O=S(=O)(N1CCNCC1)N1CCC(N2CCOCC2)C1. The van der Waals surface area contributed by atoms with E-state index in [0.717, 1.165) is 45.8 Å². The summed E-state index contributed by atoms with van der Waals surface area (Å²) in [6, 6.07) is 0.358. The summed E-state index contributed by atoms with van der Waals surface area (Å²) in [5.74, 6) is 0. The molecule has 116 valence electrons. The zero-order chi connectivity index (χ0) is 14.0. The average molecular weight is 304 g/mol. The van der Waals surface area contributed by atoms with Gasteiger partial charge in [0.25, 0.3) is 10.2 Å². The summed E-state index contributed by atoms with van der Waals surface area (Å²) in [5.41, 5.74) is 0.